The third kappa shape index (κ3) is 5.48. The summed E-state index contributed by atoms with van der Waals surface area (Å²) in [5.41, 5.74) is 1.99. The summed E-state index contributed by atoms with van der Waals surface area (Å²) in [6, 6.07) is 14.9. The Morgan fingerprint density at radius 3 is 2.43 bits per heavy atom. The average molecular weight is 304 g/mol. The minimum Gasteiger partial charge on any atom is -0.494 e. The predicted octanol–water partition coefficient (Wildman–Crippen LogP) is 4.45. The zero-order valence-corrected chi connectivity index (χ0v) is 12.7. The molecule has 2 aromatic rings. The van der Waals surface area contributed by atoms with Crippen molar-refractivity contribution >= 4 is 23.2 Å². The summed E-state index contributed by atoms with van der Waals surface area (Å²) < 4.78 is 5.54. The number of carbonyl (C=O) groups excluding carboxylic acids is 1. The van der Waals surface area contributed by atoms with Crippen molar-refractivity contribution in [2.24, 2.45) is 0 Å². The number of hydrogen-bond acceptors (Lipinski definition) is 2. The van der Waals surface area contributed by atoms with Crippen molar-refractivity contribution in [3.05, 3.63) is 59.1 Å². The standard InChI is InChI=1S/C17H18ClNO2/c1-13-4-8-15(9-5-13)19-17(20)3-2-12-21-16-10-6-14(18)7-11-16/h4-11H,2-3,12H2,1H3,(H,19,20). The molecule has 0 radical (unpaired) electrons. The van der Waals surface area contributed by atoms with Crippen LogP contribution in [0.1, 0.15) is 18.4 Å². The lowest BCUT2D eigenvalue weighted by Gasteiger charge is -2.07. The van der Waals surface area contributed by atoms with E-state index in [4.69, 9.17) is 16.3 Å². The van der Waals surface area contributed by atoms with Crippen LogP contribution in [0.3, 0.4) is 0 Å². The van der Waals surface area contributed by atoms with Crippen molar-refractivity contribution in [2.75, 3.05) is 11.9 Å². The van der Waals surface area contributed by atoms with E-state index in [0.717, 1.165) is 11.4 Å². The highest BCUT2D eigenvalue weighted by Gasteiger charge is 2.02. The van der Waals surface area contributed by atoms with Gasteiger partial charge in [-0.25, -0.2) is 0 Å². The van der Waals surface area contributed by atoms with Crippen LogP contribution in [0.15, 0.2) is 48.5 Å². The van der Waals surface area contributed by atoms with Crippen LogP contribution in [-0.2, 0) is 4.79 Å². The fourth-order valence-corrected chi connectivity index (χ4v) is 1.94. The first-order chi connectivity index (χ1) is 10.1. The lowest BCUT2D eigenvalue weighted by atomic mass is 10.2. The molecule has 0 aliphatic carbocycles. The number of aryl methyl sites for hydroxylation is 1. The fourth-order valence-electron chi connectivity index (χ4n) is 1.81. The van der Waals surface area contributed by atoms with Gasteiger partial charge in [-0.1, -0.05) is 29.3 Å². The second-order valence-corrected chi connectivity index (χ2v) is 5.26. The Kier molecular flexibility index (Phi) is 5.64. The SMILES string of the molecule is Cc1ccc(NC(=O)CCCOc2ccc(Cl)cc2)cc1. The van der Waals surface area contributed by atoms with Crippen molar-refractivity contribution in [3.63, 3.8) is 0 Å². The molecular weight excluding hydrogens is 286 g/mol. The maximum Gasteiger partial charge on any atom is 0.224 e. The maximum absolute atomic E-state index is 11.8. The van der Waals surface area contributed by atoms with Crippen LogP contribution in [0.2, 0.25) is 5.02 Å². The van der Waals surface area contributed by atoms with E-state index in [-0.39, 0.29) is 5.91 Å². The van der Waals surface area contributed by atoms with Crippen LogP contribution in [0.5, 0.6) is 5.75 Å². The van der Waals surface area contributed by atoms with Gasteiger partial charge in [0.25, 0.3) is 0 Å². The topological polar surface area (TPSA) is 38.3 Å². The maximum atomic E-state index is 11.8. The van der Waals surface area contributed by atoms with E-state index in [1.807, 2.05) is 43.3 Å². The van der Waals surface area contributed by atoms with E-state index >= 15 is 0 Å². The lowest BCUT2D eigenvalue weighted by Crippen LogP contribution is -2.12. The van der Waals surface area contributed by atoms with E-state index in [0.29, 0.717) is 24.5 Å². The first kappa shape index (κ1) is 15.4. The normalized spacial score (nSPS) is 10.2. The first-order valence-electron chi connectivity index (χ1n) is 6.88. The van der Waals surface area contributed by atoms with Gasteiger partial charge in [0.1, 0.15) is 5.75 Å². The van der Waals surface area contributed by atoms with Gasteiger partial charge in [-0.05, 0) is 49.7 Å². The molecule has 0 saturated heterocycles. The summed E-state index contributed by atoms with van der Waals surface area (Å²) in [4.78, 5) is 11.8. The molecule has 0 aromatic heterocycles. The molecule has 0 bridgehead atoms. The summed E-state index contributed by atoms with van der Waals surface area (Å²) in [6.45, 7) is 2.52. The molecule has 2 aromatic carbocycles. The second-order valence-electron chi connectivity index (χ2n) is 4.82. The van der Waals surface area contributed by atoms with Gasteiger partial charge < -0.3 is 10.1 Å². The summed E-state index contributed by atoms with van der Waals surface area (Å²) in [7, 11) is 0. The van der Waals surface area contributed by atoms with E-state index in [2.05, 4.69) is 5.32 Å². The highest BCUT2D eigenvalue weighted by molar-refractivity contribution is 6.30. The minimum absolute atomic E-state index is 0.00133. The first-order valence-corrected chi connectivity index (χ1v) is 7.26. The molecule has 1 amide bonds. The smallest absolute Gasteiger partial charge is 0.224 e. The van der Waals surface area contributed by atoms with Crippen LogP contribution < -0.4 is 10.1 Å². The largest absolute Gasteiger partial charge is 0.494 e. The highest BCUT2D eigenvalue weighted by Crippen LogP contribution is 2.16. The summed E-state index contributed by atoms with van der Waals surface area (Å²) in [6.07, 6.45) is 1.10. The Labute approximate surface area is 129 Å². The summed E-state index contributed by atoms with van der Waals surface area (Å²) >= 11 is 5.79. The van der Waals surface area contributed by atoms with Gasteiger partial charge in [0, 0.05) is 17.1 Å². The van der Waals surface area contributed by atoms with Gasteiger partial charge >= 0.3 is 0 Å². The molecule has 4 heteroatoms. The van der Waals surface area contributed by atoms with Crippen molar-refractivity contribution in [1.29, 1.82) is 0 Å². The zero-order valence-electron chi connectivity index (χ0n) is 11.9. The molecule has 0 unspecified atom stereocenters. The fraction of sp³-hybridized carbons (Fsp3) is 0.235. The minimum atomic E-state index is -0.00133. The Hall–Kier alpha value is -2.00. The average Bonchev–Trinajstić information content (AvgIpc) is 2.48. The van der Waals surface area contributed by atoms with Gasteiger partial charge in [-0.2, -0.15) is 0 Å². The van der Waals surface area contributed by atoms with Gasteiger partial charge in [0.2, 0.25) is 5.91 Å². The molecule has 0 heterocycles. The molecule has 2 rings (SSSR count). The molecule has 21 heavy (non-hydrogen) atoms. The van der Waals surface area contributed by atoms with Crippen LogP contribution in [0, 0.1) is 6.92 Å². The van der Waals surface area contributed by atoms with Gasteiger partial charge in [-0.3, -0.25) is 4.79 Å². The Balaban J connectivity index is 1.67. The molecular formula is C17H18ClNO2. The monoisotopic (exact) mass is 303 g/mol. The third-order valence-electron chi connectivity index (χ3n) is 2.97. The summed E-state index contributed by atoms with van der Waals surface area (Å²) in [5.74, 6) is 0.761. The third-order valence-corrected chi connectivity index (χ3v) is 3.22. The number of ether oxygens (including phenoxy) is 1. The van der Waals surface area contributed by atoms with E-state index in [1.54, 1.807) is 12.1 Å². The van der Waals surface area contributed by atoms with Crippen LogP contribution in [0.4, 0.5) is 5.69 Å². The Bertz CT molecular complexity index is 579. The second kappa shape index (κ2) is 7.70. The van der Waals surface area contributed by atoms with Gasteiger partial charge in [0.05, 0.1) is 6.61 Å². The predicted molar refractivity (Wildman–Crippen MR) is 86.0 cm³/mol. The number of carbonyl (C=O) groups is 1. The number of anilines is 1. The highest BCUT2D eigenvalue weighted by atomic mass is 35.5. The number of amides is 1. The van der Waals surface area contributed by atoms with E-state index in [1.165, 1.54) is 5.56 Å². The molecule has 0 aliphatic rings. The Morgan fingerprint density at radius 2 is 1.76 bits per heavy atom. The van der Waals surface area contributed by atoms with Crippen LogP contribution >= 0.6 is 11.6 Å². The molecule has 0 atom stereocenters. The number of benzene rings is 2. The van der Waals surface area contributed by atoms with Crippen molar-refractivity contribution in [3.8, 4) is 5.75 Å². The lowest BCUT2D eigenvalue weighted by molar-refractivity contribution is -0.116. The Morgan fingerprint density at radius 1 is 1.10 bits per heavy atom. The molecule has 0 aliphatic heterocycles. The molecule has 0 fully saturated rings. The zero-order chi connectivity index (χ0) is 15.1. The number of nitrogens with one attached hydrogen (secondary N) is 1. The van der Waals surface area contributed by atoms with Crippen molar-refractivity contribution in [1.82, 2.24) is 0 Å². The molecule has 0 saturated carbocycles. The molecule has 110 valence electrons. The van der Waals surface area contributed by atoms with Crippen molar-refractivity contribution < 1.29 is 9.53 Å². The van der Waals surface area contributed by atoms with Crippen LogP contribution in [0.25, 0.3) is 0 Å². The number of halogens is 1. The number of hydrogen-bond donors (Lipinski definition) is 1. The molecule has 1 N–H and O–H groups in total. The van der Waals surface area contributed by atoms with E-state index in [9.17, 15) is 4.79 Å². The van der Waals surface area contributed by atoms with Gasteiger partial charge in [0.15, 0.2) is 0 Å². The van der Waals surface area contributed by atoms with Crippen LogP contribution in [-0.4, -0.2) is 12.5 Å². The number of rotatable bonds is 6. The molecule has 0 spiro atoms. The summed E-state index contributed by atoms with van der Waals surface area (Å²) in [5, 5.41) is 3.54. The van der Waals surface area contributed by atoms with Crippen molar-refractivity contribution in [2.45, 2.75) is 19.8 Å². The van der Waals surface area contributed by atoms with Gasteiger partial charge in [-0.15, -0.1) is 0 Å². The van der Waals surface area contributed by atoms with E-state index < -0.39 is 0 Å². The molecule has 3 nitrogen and oxygen atoms in total. The quantitative estimate of drug-likeness (QED) is 0.801.